The molecule has 2 aromatic carbocycles. The maximum absolute atomic E-state index is 13.9. The van der Waals surface area contributed by atoms with Gasteiger partial charge in [-0.2, -0.15) is 0 Å². The van der Waals surface area contributed by atoms with Crippen LogP contribution in [0.4, 0.5) is 4.39 Å². The second kappa shape index (κ2) is 7.39. The lowest BCUT2D eigenvalue weighted by Gasteiger charge is -2.25. The summed E-state index contributed by atoms with van der Waals surface area (Å²) in [6.45, 7) is 1.98. The minimum absolute atomic E-state index is 0. The van der Waals surface area contributed by atoms with Crippen molar-refractivity contribution < 1.29 is 12.8 Å². The lowest BCUT2D eigenvalue weighted by Crippen LogP contribution is -2.29. The SMILES string of the molecule is Cl.O=S(=O)(c1ccc2c(ccn2C2CCNCC2)c1)c1ccccc1F. The van der Waals surface area contributed by atoms with E-state index in [0.717, 1.165) is 36.8 Å². The zero-order valence-corrected chi connectivity index (χ0v) is 15.7. The number of fused-ring (bicyclic) bond motifs is 1. The summed E-state index contributed by atoms with van der Waals surface area (Å²) in [7, 11) is -3.87. The Kier molecular flexibility index (Phi) is 5.37. The standard InChI is InChI=1S/C19H19FN2O2S.ClH/c20-17-3-1-2-4-19(17)25(23,24)16-5-6-18-14(13-16)9-12-22(18)15-7-10-21-11-8-15;/h1-6,9,12-13,15,21H,7-8,10-11H2;1H. The van der Waals surface area contributed by atoms with Gasteiger partial charge in [0, 0.05) is 23.1 Å². The van der Waals surface area contributed by atoms with Gasteiger partial charge in [0.15, 0.2) is 0 Å². The molecular formula is C19H20ClFN2O2S. The van der Waals surface area contributed by atoms with Crippen LogP contribution in [-0.2, 0) is 9.84 Å². The van der Waals surface area contributed by atoms with Gasteiger partial charge in [-0.15, -0.1) is 12.4 Å². The normalized spacial score (nSPS) is 15.7. The molecule has 0 spiro atoms. The molecule has 1 N–H and O–H groups in total. The average Bonchev–Trinajstić information content (AvgIpc) is 3.06. The van der Waals surface area contributed by atoms with Crippen LogP contribution < -0.4 is 5.32 Å². The molecule has 0 aliphatic carbocycles. The molecule has 0 saturated carbocycles. The minimum Gasteiger partial charge on any atom is -0.344 e. The van der Waals surface area contributed by atoms with Crippen LogP contribution in [0.25, 0.3) is 10.9 Å². The van der Waals surface area contributed by atoms with Crippen molar-refractivity contribution in [1.29, 1.82) is 0 Å². The summed E-state index contributed by atoms with van der Waals surface area (Å²) in [5, 5.41) is 4.21. The highest BCUT2D eigenvalue weighted by Gasteiger charge is 2.23. The van der Waals surface area contributed by atoms with Gasteiger partial charge in [0.25, 0.3) is 0 Å². The number of hydrogen-bond acceptors (Lipinski definition) is 3. The van der Waals surface area contributed by atoms with Crippen LogP contribution in [0.3, 0.4) is 0 Å². The highest BCUT2D eigenvalue weighted by Crippen LogP contribution is 2.30. The van der Waals surface area contributed by atoms with E-state index in [1.807, 2.05) is 18.3 Å². The van der Waals surface area contributed by atoms with Gasteiger partial charge in [-0.05, 0) is 62.3 Å². The number of hydrogen-bond donors (Lipinski definition) is 1. The molecule has 4 rings (SSSR count). The Morgan fingerprint density at radius 2 is 1.77 bits per heavy atom. The molecule has 1 aliphatic rings. The molecule has 1 fully saturated rings. The number of nitrogens with zero attached hydrogens (tertiary/aromatic N) is 1. The molecule has 3 aromatic rings. The van der Waals surface area contributed by atoms with E-state index in [1.54, 1.807) is 12.1 Å². The summed E-state index contributed by atoms with van der Waals surface area (Å²) in [5.41, 5.74) is 1.01. The van der Waals surface area contributed by atoms with Crippen LogP contribution in [0.15, 0.2) is 64.5 Å². The van der Waals surface area contributed by atoms with Crippen LogP contribution in [0.5, 0.6) is 0 Å². The molecule has 1 saturated heterocycles. The Labute approximate surface area is 158 Å². The van der Waals surface area contributed by atoms with Gasteiger partial charge in [-0.3, -0.25) is 0 Å². The predicted molar refractivity (Wildman–Crippen MR) is 102 cm³/mol. The topological polar surface area (TPSA) is 51.1 Å². The number of halogens is 2. The lowest BCUT2D eigenvalue weighted by molar-refractivity contribution is 0.376. The molecule has 0 unspecified atom stereocenters. The van der Waals surface area contributed by atoms with Crippen molar-refractivity contribution in [1.82, 2.24) is 9.88 Å². The summed E-state index contributed by atoms with van der Waals surface area (Å²) in [6.07, 6.45) is 4.12. The van der Waals surface area contributed by atoms with Crippen LogP contribution in [-0.4, -0.2) is 26.1 Å². The van der Waals surface area contributed by atoms with Gasteiger partial charge in [-0.25, -0.2) is 12.8 Å². The summed E-state index contributed by atoms with van der Waals surface area (Å²) in [6, 6.07) is 12.9. The lowest BCUT2D eigenvalue weighted by atomic mass is 10.1. The Morgan fingerprint density at radius 1 is 1.04 bits per heavy atom. The zero-order chi connectivity index (χ0) is 17.4. The maximum atomic E-state index is 13.9. The van der Waals surface area contributed by atoms with E-state index in [-0.39, 0.29) is 22.2 Å². The van der Waals surface area contributed by atoms with Gasteiger partial charge in [0.1, 0.15) is 10.7 Å². The molecule has 7 heteroatoms. The van der Waals surface area contributed by atoms with Crippen LogP contribution in [0.1, 0.15) is 18.9 Å². The van der Waals surface area contributed by atoms with Crippen LogP contribution in [0, 0.1) is 5.82 Å². The molecule has 1 aliphatic heterocycles. The van der Waals surface area contributed by atoms with Gasteiger partial charge >= 0.3 is 0 Å². The predicted octanol–water partition coefficient (Wildman–Crippen LogP) is 3.96. The molecule has 0 radical (unpaired) electrons. The third kappa shape index (κ3) is 3.24. The average molecular weight is 395 g/mol. The van der Waals surface area contributed by atoms with Gasteiger partial charge < -0.3 is 9.88 Å². The van der Waals surface area contributed by atoms with Gasteiger partial charge in [0.05, 0.1) is 4.90 Å². The highest BCUT2D eigenvalue weighted by molar-refractivity contribution is 7.91. The smallest absolute Gasteiger partial charge is 0.209 e. The number of nitrogens with one attached hydrogen (secondary N) is 1. The molecule has 2 heterocycles. The Hall–Kier alpha value is -1.89. The number of piperidine rings is 1. The molecular weight excluding hydrogens is 375 g/mol. The van der Waals surface area contributed by atoms with E-state index in [9.17, 15) is 12.8 Å². The first kappa shape index (κ1) is 18.9. The van der Waals surface area contributed by atoms with Crippen LogP contribution in [0.2, 0.25) is 0 Å². The molecule has 26 heavy (non-hydrogen) atoms. The fourth-order valence-corrected chi connectivity index (χ4v) is 4.87. The summed E-state index contributed by atoms with van der Waals surface area (Å²) in [4.78, 5) is -0.166. The second-order valence-corrected chi connectivity index (χ2v) is 8.28. The third-order valence-electron chi connectivity index (χ3n) is 4.83. The Bertz CT molecular complexity index is 1030. The largest absolute Gasteiger partial charge is 0.344 e. The van der Waals surface area contributed by atoms with Gasteiger partial charge in [-0.1, -0.05) is 12.1 Å². The monoisotopic (exact) mass is 394 g/mol. The molecule has 0 atom stereocenters. The van der Waals surface area contributed by atoms with E-state index >= 15 is 0 Å². The third-order valence-corrected chi connectivity index (χ3v) is 6.62. The van der Waals surface area contributed by atoms with E-state index in [1.165, 1.54) is 24.3 Å². The first-order valence-corrected chi connectivity index (χ1v) is 9.86. The fraction of sp³-hybridized carbons (Fsp3) is 0.263. The molecule has 0 amide bonds. The summed E-state index contributed by atoms with van der Waals surface area (Å²) in [5.74, 6) is -0.727. The van der Waals surface area contributed by atoms with Crippen molar-refractivity contribution in [2.24, 2.45) is 0 Å². The summed E-state index contributed by atoms with van der Waals surface area (Å²) >= 11 is 0. The first-order valence-electron chi connectivity index (χ1n) is 8.38. The maximum Gasteiger partial charge on any atom is 0.209 e. The van der Waals surface area contributed by atoms with Crippen molar-refractivity contribution in [2.45, 2.75) is 28.7 Å². The Morgan fingerprint density at radius 3 is 2.50 bits per heavy atom. The van der Waals surface area contributed by atoms with Crippen molar-refractivity contribution in [3.63, 3.8) is 0 Å². The molecule has 4 nitrogen and oxygen atoms in total. The van der Waals surface area contributed by atoms with Gasteiger partial charge in [0.2, 0.25) is 9.84 Å². The zero-order valence-electron chi connectivity index (χ0n) is 14.1. The second-order valence-electron chi connectivity index (χ2n) is 6.36. The number of sulfone groups is 1. The highest BCUT2D eigenvalue weighted by atomic mass is 35.5. The van der Waals surface area contributed by atoms with E-state index in [2.05, 4.69) is 9.88 Å². The van der Waals surface area contributed by atoms with E-state index in [4.69, 9.17) is 0 Å². The van der Waals surface area contributed by atoms with E-state index in [0.29, 0.717) is 6.04 Å². The van der Waals surface area contributed by atoms with Crippen molar-refractivity contribution in [3.8, 4) is 0 Å². The van der Waals surface area contributed by atoms with Crippen molar-refractivity contribution in [2.75, 3.05) is 13.1 Å². The van der Waals surface area contributed by atoms with Crippen LogP contribution >= 0.6 is 12.4 Å². The summed E-state index contributed by atoms with van der Waals surface area (Å²) < 4.78 is 41.7. The fourth-order valence-electron chi connectivity index (χ4n) is 3.50. The van der Waals surface area contributed by atoms with Crippen molar-refractivity contribution in [3.05, 3.63) is 60.5 Å². The minimum atomic E-state index is -3.87. The van der Waals surface area contributed by atoms with Crippen molar-refractivity contribution >= 4 is 33.1 Å². The number of rotatable bonds is 3. The number of benzene rings is 2. The molecule has 0 bridgehead atoms. The van der Waals surface area contributed by atoms with E-state index < -0.39 is 15.7 Å². The molecule has 138 valence electrons. The Balaban J connectivity index is 0.00000196. The molecule has 1 aromatic heterocycles. The number of aromatic nitrogens is 1. The quantitative estimate of drug-likeness (QED) is 0.731. The first-order chi connectivity index (χ1) is 12.1.